The first-order valence-corrected chi connectivity index (χ1v) is 13.8. The highest BCUT2D eigenvalue weighted by Gasteiger charge is 2.45. The van der Waals surface area contributed by atoms with Crippen LogP contribution in [0.15, 0.2) is 23.1 Å². The van der Waals surface area contributed by atoms with Crippen molar-refractivity contribution in [1.82, 2.24) is 23.1 Å². The normalized spacial score (nSPS) is 24.4. The van der Waals surface area contributed by atoms with Crippen molar-refractivity contribution in [3.8, 4) is 0 Å². The number of nitrogens with one attached hydrogen (secondary N) is 1. The molecule has 10 heteroatoms. The fourth-order valence-corrected chi connectivity index (χ4v) is 7.48. The van der Waals surface area contributed by atoms with Gasteiger partial charge < -0.3 is 5.32 Å². The van der Waals surface area contributed by atoms with Gasteiger partial charge in [0.25, 0.3) is 15.8 Å². The summed E-state index contributed by atoms with van der Waals surface area (Å²) < 4.78 is 31.0. The lowest BCUT2D eigenvalue weighted by Crippen LogP contribution is -2.57. The van der Waals surface area contributed by atoms with Gasteiger partial charge in [0.05, 0.1) is 0 Å². The van der Waals surface area contributed by atoms with Crippen LogP contribution >= 0.6 is 0 Å². The van der Waals surface area contributed by atoms with Crippen molar-refractivity contribution < 1.29 is 8.42 Å². The van der Waals surface area contributed by atoms with Crippen LogP contribution in [0.3, 0.4) is 0 Å². The van der Waals surface area contributed by atoms with Gasteiger partial charge in [0.1, 0.15) is 5.65 Å². The second kappa shape index (κ2) is 8.32. The molecule has 33 heavy (non-hydrogen) atoms. The van der Waals surface area contributed by atoms with E-state index in [9.17, 15) is 13.2 Å². The highest BCUT2D eigenvalue weighted by Crippen LogP contribution is 2.42. The van der Waals surface area contributed by atoms with Crippen molar-refractivity contribution >= 4 is 27.2 Å². The number of nitrogens with zero attached hydrogens (tertiary/aromatic N) is 5. The zero-order chi connectivity index (χ0) is 22.6. The number of hydrogen-bond acceptors (Lipinski definition) is 6. The van der Waals surface area contributed by atoms with Gasteiger partial charge in [-0.05, 0) is 56.4 Å². The molecule has 2 aromatic rings. The van der Waals surface area contributed by atoms with E-state index in [4.69, 9.17) is 4.98 Å². The predicted molar refractivity (Wildman–Crippen MR) is 126 cm³/mol. The number of rotatable bonds is 6. The van der Waals surface area contributed by atoms with E-state index in [0.717, 1.165) is 37.0 Å². The molecule has 4 aliphatic rings. The Morgan fingerprint density at radius 3 is 2.33 bits per heavy atom. The molecule has 0 bridgehead atoms. The lowest BCUT2D eigenvalue weighted by molar-refractivity contribution is 0.161. The molecule has 4 fully saturated rings. The summed E-state index contributed by atoms with van der Waals surface area (Å²) in [7, 11) is -3.34. The van der Waals surface area contributed by atoms with Gasteiger partial charge in [-0.3, -0.25) is 9.36 Å². The molecule has 178 valence electrons. The molecule has 0 aromatic carbocycles. The standard InChI is InChI=1S/C23H32N6O3S/c30-21-8-7-17-13-24-23(26-22(17)29(21)20-3-1-2-4-20)25-19-9-11-27(12-10-19)33(31,32)28-14-18(15-28)16-5-6-16/h7-8,13,16,18-20H,1-6,9-12,14-15H2,(H,24,25,26). The molecule has 1 N–H and O–H groups in total. The molecule has 2 aromatic heterocycles. The summed E-state index contributed by atoms with van der Waals surface area (Å²) in [6.07, 6.45) is 10.0. The monoisotopic (exact) mass is 472 g/mol. The summed E-state index contributed by atoms with van der Waals surface area (Å²) in [5, 5.41) is 4.26. The summed E-state index contributed by atoms with van der Waals surface area (Å²) in [6, 6.07) is 3.72. The molecule has 0 radical (unpaired) electrons. The van der Waals surface area contributed by atoms with Crippen LogP contribution in [0.4, 0.5) is 5.95 Å². The molecule has 0 spiro atoms. The van der Waals surface area contributed by atoms with Gasteiger partial charge in [-0.25, -0.2) is 4.98 Å². The molecule has 2 aliphatic carbocycles. The fraction of sp³-hybridized carbons (Fsp3) is 0.696. The summed E-state index contributed by atoms with van der Waals surface area (Å²) in [6.45, 7) is 2.40. The smallest absolute Gasteiger partial charge is 0.281 e. The molecule has 2 saturated carbocycles. The van der Waals surface area contributed by atoms with E-state index in [1.807, 2.05) is 4.57 Å². The second-order valence-corrected chi connectivity index (χ2v) is 12.1. The zero-order valence-electron chi connectivity index (χ0n) is 18.9. The average Bonchev–Trinajstić information content (AvgIpc) is 3.45. The minimum Gasteiger partial charge on any atom is -0.351 e. The molecule has 0 unspecified atom stereocenters. The van der Waals surface area contributed by atoms with Crippen molar-refractivity contribution in [3.63, 3.8) is 0 Å². The van der Waals surface area contributed by atoms with Gasteiger partial charge in [0.2, 0.25) is 5.95 Å². The van der Waals surface area contributed by atoms with E-state index < -0.39 is 10.2 Å². The largest absolute Gasteiger partial charge is 0.351 e. The van der Waals surface area contributed by atoms with Gasteiger partial charge in [0, 0.05) is 55.9 Å². The van der Waals surface area contributed by atoms with Crippen LogP contribution in [0.5, 0.6) is 0 Å². The summed E-state index contributed by atoms with van der Waals surface area (Å²) in [4.78, 5) is 21.8. The van der Waals surface area contributed by atoms with Gasteiger partial charge in [-0.1, -0.05) is 12.8 Å². The second-order valence-electron chi connectivity index (χ2n) is 10.2. The molecule has 2 aliphatic heterocycles. The first kappa shape index (κ1) is 21.5. The zero-order valence-corrected chi connectivity index (χ0v) is 19.7. The molecule has 6 rings (SSSR count). The maximum Gasteiger partial charge on any atom is 0.281 e. The predicted octanol–water partition coefficient (Wildman–Crippen LogP) is 2.37. The van der Waals surface area contributed by atoms with Crippen molar-refractivity contribution in [1.29, 1.82) is 0 Å². The molecule has 9 nitrogen and oxygen atoms in total. The molecular weight excluding hydrogens is 440 g/mol. The van der Waals surface area contributed by atoms with Gasteiger partial charge >= 0.3 is 0 Å². The number of anilines is 1. The Morgan fingerprint density at radius 2 is 1.64 bits per heavy atom. The molecule has 0 amide bonds. The lowest BCUT2D eigenvalue weighted by atomic mass is 9.98. The maximum absolute atomic E-state index is 12.9. The maximum atomic E-state index is 12.9. The number of pyridine rings is 1. The number of fused-ring (bicyclic) bond motifs is 1. The van der Waals surface area contributed by atoms with Gasteiger partial charge in [-0.2, -0.15) is 22.0 Å². The summed E-state index contributed by atoms with van der Waals surface area (Å²) in [5.74, 6) is 1.85. The van der Waals surface area contributed by atoms with E-state index in [1.54, 1.807) is 26.9 Å². The van der Waals surface area contributed by atoms with Gasteiger partial charge in [-0.15, -0.1) is 0 Å². The van der Waals surface area contributed by atoms with Crippen LogP contribution in [0.2, 0.25) is 0 Å². The Morgan fingerprint density at radius 1 is 0.909 bits per heavy atom. The van der Waals surface area contributed by atoms with E-state index in [-0.39, 0.29) is 17.6 Å². The van der Waals surface area contributed by atoms with E-state index in [2.05, 4.69) is 10.3 Å². The minimum absolute atomic E-state index is 0.00696. The van der Waals surface area contributed by atoms with Crippen molar-refractivity contribution in [2.75, 3.05) is 31.5 Å². The SMILES string of the molecule is O=c1ccc2cnc(NC3CCN(S(=O)(=O)N4CC(C5CC5)C4)CC3)nc2n1C1CCCC1. The highest BCUT2D eigenvalue weighted by molar-refractivity contribution is 7.86. The van der Waals surface area contributed by atoms with E-state index in [1.165, 1.54) is 12.8 Å². The van der Waals surface area contributed by atoms with Crippen LogP contribution in [0.25, 0.3) is 11.0 Å². The van der Waals surface area contributed by atoms with Crippen molar-refractivity contribution in [3.05, 3.63) is 28.7 Å². The molecular formula is C23H32N6O3S. The molecule has 4 heterocycles. The fourth-order valence-electron chi connectivity index (χ4n) is 5.72. The third kappa shape index (κ3) is 4.06. The Hall–Kier alpha value is -2.04. The highest BCUT2D eigenvalue weighted by atomic mass is 32.2. The molecule has 0 atom stereocenters. The van der Waals surface area contributed by atoms with Crippen LogP contribution in [-0.2, 0) is 10.2 Å². The van der Waals surface area contributed by atoms with Crippen LogP contribution in [0, 0.1) is 11.8 Å². The summed E-state index contributed by atoms with van der Waals surface area (Å²) >= 11 is 0. The first-order valence-electron chi connectivity index (χ1n) is 12.4. The van der Waals surface area contributed by atoms with Crippen LogP contribution < -0.4 is 10.9 Å². The minimum atomic E-state index is -3.34. The first-order chi connectivity index (χ1) is 16.0. The molecule has 2 saturated heterocycles. The average molecular weight is 473 g/mol. The summed E-state index contributed by atoms with van der Waals surface area (Å²) in [5.41, 5.74) is 0.683. The third-order valence-electron chi connectivity index (χ3n) is 7.96. The number of hydrogen-bond donors (Lipinski definition) is 1. The van der Waals surface area contributed by atoms with Crippen molar-refractivity contribution in [2.24, 2.45) is 11.8 Å². The van der Waals surface area contributed by atoms with Gasteiger partial charge in [0.15, 0.2) is 0 Å². The van der Waals surface area contributed by atoms with E-state index in [0.29, 0.717) is 56.5 Å². The Kier molecular flexibility index (Phi) is 5.42. The quantitative estimate of drug-likeness (QED) is 0.693. The van der Waals surface area contributed by atoms with Crippen LogP contribution in [-0.4, -0.2) is 63.8 Å². The van der Waals surface area contributed by atoms with Crippen molar-refractivity contribution in [2.45, 2.75) is 63.5 Å². The Labute approximate surface area is 194 Å². The van der Waals surface area contributed by atoms with E-state index >= 15 is 0 Å². The number of piperidine rings is 1. The lowest BCUT2D eigenvalue weighted by Gasteiger charge is -2.42. The Balaban J connectivity index is 1.12. The Bertz CT molecular complexity index is 1190. The van der Waals surface area contributed by atoms with Crippen LogP contribution in [0.1, 0.15) is 57.4 Å². The topological polar surface area (TPSA) is 100 Å². The third-order valence-corrected chi connectivity index (χ3v) is 9.93. The number of aromatic nitrogens is 3.